The van der Waals surface area contributed by atoms with Crippen LogP contribution in [0.2, 0.25) is 0 Å². The Hall–Kier alpha value is -1.55. The number of piperidine rings is 1. The maximum absolute atomic E-state index is 11.7. The van der Waals surface area contributed by atoms with Gasteiger partial charge in [0.1, 0.15) is 6.61 Å². The molecule has 0 bridgehead atoms. The Balaban J connectivity index is 1.59. The molecule has 0 radical (unpaired) electrons. The molecule has 2 rings (SSSR count). The molecule has 1 aliphatic heterocycles. The first-order valence-corrected chi connectivity index (χ1v) is 8.30. The van der Waals surface area contributed by atoms with E-state index in [1.807, 2.05) is 30.3 Å². The van der Waals surface area contributed by atoms with Crippen LogP contribution >= 0.6 is 0 Å². The number of nitrogens with zero attached hydrogens (tertiary/aromatic N) is 1. The zero-order valence-corrected chi connectivity index (χ0v) is 13.8. The van der Waals surface area contributed by atoms with Crippen molar-refractivity contribution >= 4 is 6.09 Å². The van der Waals surface area contributed by atoms with Gasteiger partial charge in [0.25, 0.3) is 0 Å². The molecule has 1 saturated heterocycles. The Kier molecular flexibility index (Phi) is 6.72. The van der Waals surface area contributed by atoms with Crippen LogP contribution in [0.3, 0.4) is 0 Å². The molecule has 0 aromatic heterocycles. The summed E-state index contributed by atoms with van der Waals surface area (Å²) in [7, 11) is 0. The van der Waals surface area contributed by atoms with Gasteiger partial charge < -0.3 is 15.0 Å². The zero-order chi connectivity index (χ0) is 15.8. The van der Waals surface area contributed by atoms with E-state index in [1.54, 1.807) is 0 Å². The molecule has 4 nitrogen and oxygen atoms in total. The van der Waals surface area contributed by atoms with Crippen molar-refractivity contribution < 1.29 is 9.53 Å². The van der Waals surface area contributed by atoms with Gasteiger partial charge in [-0.05, 0) is 43.3 Å². The van der Waals surface area contributed by atoms with E-state index < -0.39 is 0 Å². The quantitative estimate of drug-likeness (QED) is 0.877. The molecule has 1 fully saturated rings. The van der Waals surface area contributed by atoms with Gasteiger partial charge in [0.2, 0.25) is 0 Å². The average Bonchev–Trinajstić information content (AvgIpc) is 2.53. The Labute approximate surface area is 133 Å². The van der Waals surface area contributed by atoms with Crippen LogP contribution in [0.15, 0.2) is 30.3 Å². The fraction of sp³-hybridized carbons (Fsp3) is 0.611. The Morgan fingerprint density at radius 3 is 2.59 bits per heavy atom. The number of nitrogens with one attached hydrogen (secondary N) is 1. The van der Waals surface area contributed by atoms with Gasteiger partial charge in [0, 0.05) is 13.1 Å². The summed E-state index contributed by atoms with van der Waals surface area (Å²) in [5, 5.41) is 2.90. The van der Waals surface area contributed by atoms with Gasteiger partial charge in [0.15, 0.2) is 0 Å². The lowest BCUT2D eigenvalue weighted by Crippen LogP contribution is -2.40. The molecule has 1 heterocycles. The van der Waals surface area contributed by atoms with Crippen LogP contribution in [0.5, 0.6) is 0 Å². The molecule has 0 aliphatic carbocycles. The van der Waals surface area contributed by atoms with Crippen molar-refractivity contribution in [2.45, 2.75) is 33.3 Å². The van der Waals surface area contributed by atoms with E-state index in [1.165, 1.54) is 6.54 Å². The number of carbonyl (C=O) groups is 1. The lowest BCUT2D eigenvalue weighted by atomic mass is 9.96. The van der Waals surface area contributed by atoms with Crippen LogP contribution in [-0.4, -0.2) is 37.2 Å². The highest BCUT2D eigenvalue weighted by atomic mass is 16.5. The fourth-order valence-corrected chi connectivity index (χ4v) is 2.89. The lowest BCUT2D eigenvalue weighted by molar-refractivity contribution is 0.131. The van der Waals surface area contributed by atoms with Gasteiger partial charge in [-0.1, -0.05) is 44.2 Å². The maximum Gasteiger partial charge on any atom is 0.407 e. The van der Waals surface area contributed by atoms with E-state index in [-0.39, 0.29) is 6.09 Å². The van der Waals surface area contributed by atoms with Crippen molar-refractivity contribution in [1.29, 1.82) is 0 Å². The highest BCUT2D eigenvalue weighted by Gasteiger charge is 2.20. The third kappa shape index (κ3) is 6.06. The molecule has 1 aromatic rings. The molecular formula is C18H28N2O2. The van der Waals surface area contributed by atoms with E-state index in [0.717, 1.165) is 44.0 Å². The minimum Gasteiger partial charge on any atom is -0.445 e. The fourth-order valence-electron chi connectivity index (χ4n) is 2.89. The molecule has 1 N–H and O–H groups in total. The topological polar surface area (TPSA) is 41.6 Å². The molecule has 0 atom stereocenters. The van der Waals surface area contributed by atoms with Crippen LogP contribution in [-0.2, 0) is 11.3 Å². The number of alkyl carbamates (subject to hydrolysis) is 1. The van der Waals surface area contributed by atoms with Crippen molar-refractivity contribution in [2.75, 3.05) is 26.2 Å². The Bertz CT molecular complexity index is 440. The Morgan fingerprint density at radius 2 is 1.95 bits per heavy atom. The summed E-state index contributed by atoms with van der Waals surface area (Å²) in [5.74, 6) is 1.30. The lowest BCUT2D eigenvalue weighted by Gasteiger charge is -2.32. The predicted octanol–water partition coefficient (Wildman–Crippen LogP) is 3.28. The van der Waals surface area contributed by atoms with E-state index >= 15 is 0 Å². The number of benzene rings is 1. The van der Waals surface area contributed by atoms with Crippen LogP contribution in [0.4, 0.5) is 4.79 Å². The number of hydrogen-bond donors (Lipinski definition) is 1. The average molecular weight is 304 g/mol. The predicted molar refractivity (Wildman–Crippen MR) is 88.6 cm³/mol. The second-order valence-corrected chi connectivity index (χ2v) is 6.58. The van der Waals surface area contributed by atoms with Crippen LogP contribution < -0.4 is 5.32 Å². The van der Waals surface area contributed by atoms with Crippen LogP contribution in [0.25, 0.3) is 0 Å². The highest BCUT2D eigenvalue weighted by molar-refractivity contribution is 5.67. The van der Waals surface area contributed by atoms with Gasteiger partial charge in [-0.2, -0.15) is 0 Å². The number of amides is 1. The normalized spacial score (nSPS) is 16.7. The molecule has 0 saturated carbocycles. The summed E-state index contributed by atoms with van der Waals surface area (Å²) in [6.07, 6.45) is 2.01. The van der Waals surface area contributed by atoms with E-state index in [0.29, 0.717) is 12.5 Å². The van der Waals surface area contributed by atoms with Crippen molar-refractivity contribution in [3.05, 3.63) is 35.9 Å². The van der Waals surface area contributed by atoms with Crippen molar-refractivity contribution in [3.63, 3.8) is 0 Å². The molecule has 0 spiro atoms. The summed E-state index contributed by atoms with van der Waals surface area (Å²) < 4.78 is 5.23. The number of hydrogen-bond acceptors (Lipinski definition) is 3. The largest absolute Gasteiger partial charge is 0.445 e. The summed E-state index contributed by atoms with van der Waals surface area (Å²) in [6, 6.07) is 9.76. The second kappa shape index (κ2) is 8.79. The monoisotopic (exact) mass is 304 g/mol. The smallest absolute Gasteiger partial charge is 0.407 e. The second-order valence-electron chi connectivity index (χ2n) is 6.58. The van der Waals surface area contributed by atoms with Gasteiger partial charge in [0.05, 0.1) is 0 Å². The summed E-state index contributed by atoms with van der Waals surface area (Å²) in [5.41, 5.74) is 1.01. The van der Waals surface area contributed by atoms with E-state index in [9.17, 15) is 4.79 Å². The molecule has 1 aromatic carbocycles. The van der Waals surface area contributed by atoms with Gasteiger partial charge >= 0.3 is 6.09 Å². The molecule has 4 heteroatoms. The standard InChI is InChI=1S/C18H28N2O2/c1-15(2)13-20-10-8-16(9-11-20)12-19-18(21)22-14-17-6-4-3-5-7-17/h3-7,15-16H,8-14H2,1-2H3,(H,19,21). The zero-order valence-electron chi connectivity index (χ0n) is 13.8. The number of likely N-dealkylation sites (tertiary alicyclic amines) is 1. The van der Waals surface area contributed by atoms with Crippen molar-refractivity contribution in [2.24, 2.45) is 11.8 Å². The van der Waals surface area contributed by atoms with Crippen molar-refractivity contribution in [3.8, 4) is 0 Å². The van der Waals surface area contributed by atoms with Gasteiger partial charge in [-0.15, -0.1) is 0 Å². The number of carbonyl (C=O) groups excluding carboxylic acids is 1. The minimum absolute atomic E-state index is 0.312. The Morgan fingerprint density at radius 1 is 1.27 bits per heavy atom. The van der Waals surface area contributed by atoms with Crippen molar-refractivity contribution in [1.82, 2.24) is 10.2 Å². The third-order valence-corrected chi connectivity index (χ3v) is 4.08. The molecule has 1 amide bonds. The summed E-state index contributed by atoms with van der Waals surface area (Å²) >= 11 is 0. The third-order valence-electron chi connectivity index (χ3n) is 4.08. The molecule has 122 valence electrons. The van der Waals surface area contributed by atoms with E-state index in [2.05, 4.69) is 24.1 Å². The molecular weight excluding hydrogens is 276 g/mol. The van der Waals surface area contributed by atoms with Gasteiger partial charge in [-0.25, -0.2) is 4.79 Å². The van der Waals surface area contributed by atoms with Crippen LogP contribution in [0, 0.1) is 11.8 Å². The first-order valence-electron chi connectivity index (χ1n) is 8.30. The molecule has 0 unspecified atom stereocenters. The molecule has 1 aliphatic rings. The molecule has 22 heavy (non-hydrogen) atoms. The first-order chi connectivity index (χ1) is 10.6. The summed E-state index contributed by atoms with van der Waals surface area (Å²) in [6.45, 7) is 9.04. The van der Waals surface area contributed by atoms with E-state index in [4.69, 9.17) is 4.74 Å². The first kappa shape index (κ1) is 16.8. The van der Waals surface area contributed by atoms with Gasteiger partial charge in [-0.3, -0.25) is 0 Å². The highest BCUT2D eigenvalue weighted by Crippen LogP contribution is 2.17. The summed E-state index contributed by atoms with van der Waals surface area (Å²) in [4.78, 5) is 14.2. The number of rotatable bonds is 6. The minimum atomic E-state index is -0.312. The SMILES string of the molecule is CC(C)CN1CCC(CNC(=O)OCc2ccccc2)CC1. The van der Waals surface area contributed by atoms with Crippen LogP contribution in [0.1, 0.15) is 32.3 Å². The maximum atomic E-state index is 11.7. The number of ether oxygens (including phenoxy) is 1.